The third-order valence-electron chi connectivity index (χ3n) is 2.23. The van der Waals surface area contributed by atoms with Gasteiger partial charge in [0.2, 0.25) is 6.41 Å². The van der Waals surface area contributed by atoms with E-state index in [1.165, 1.54) is 0 Å². The summed E-state index contributed by atoms with van der Waals surface area (Å²) < 4.78 is 10.5. The Labute approximate surface area is 107 Å². The molecular formula is C7H15NO10P-. The maximum absolute atomic E-state index is 10.5. The summed E-state index contributed by atoms with van der Waals surface area (Å²) in [7, 11) is -5.38. The first-order valence-corrected chi connectivity index (χ1v) is 6.51. The van der Waals surface area contributed by atoms with Gasteiger partial charge in [-0.15, -0.1) is 0 Å². The number of hydroxylamine groups is 2. The highest BCUT2D eigenvalue weighted by atomic mass is 31.2. The molecule has 0 rings (SSSR count). The van der Waals surface area contributed by atoms with Crippen LogP contribution in [0.15, 0.2) is 0 Å². The van der Waals surface area contributed by atoms with Crippen molar-refractivity contribution in [1.82, 2.24) is 5.06 Å². The van der Waals surface area contributed by atoms with E-state index in [4.69, 9.17) is 15.2 Å². The van der Waals surface area contributed by atoms with E-state index in [0.29, 0.717) is 0 Å². The predicted molar refractivity (Wildman–Crippen MR) is 54.4 cm³/mol. The molecule has 0 aromatic carbocycles. The van der Waals surface area contributed by atoms with Crippen LogP contribution in [-0.4, -0.2) is 83.9 Å². The second-order valence-corrected chi connectivity index (χ2v) is 5.40. The molecule has 114 valence electrons. The van der Waals surface area contributed by atoms with Gasteiger partial charge in [0, 0.05) is 0 Å². The van der Waals surface area contributed by atoms with E-state index < -0.39 is 44.4 Å². The quantitative estimate of drug-likeness (QED) is 0.0985. The number of aliphatic hydroxyl groups excluding tert-OH is 5. The molecule has 0 heterocycles. The predicted octanol–water partition coefficient (Wildman–Crippen LogP) is -4.86. The van der Waals surface area contributed by atoms with Gasteiger partial charge in [-0.3, -0.25) is 10.0 Å². The van der Waals surface area contributed by atoms with Crippen molar-refractivity contribution in [2.24, 2.45) is 0 Å². The van der Waals surface area contributed by atoms with Crippen molar-refractivity contribution in [2.75, 3.05) is 6.54 Å². The fourth-order valence-electron chi connectivity index (χ4n) is 1.14. The summed E-state index contributed by atoms with van der Waals surface area (Å²) in [6, 6.07) is 0. The molecule has 0 spiro atoms. The summed E-state index contributed by atoms with van der Waals surface area (Å²) in [4.78, 5) is 29.0. The standard InChI is InChI=1S/C7H16NO10P/c9-2-8(15)1-3(10)4(11)5(12)6(13)7(14)19(16,17)18/h2-7,10-15H,1H2,(H2,16,17,18)/p-1/t3-,4-,5-,6?,7?/m0/s1. The minimum absolute atomic E-state index is 0.0754. The maximum Gasteiger partial charge on any atom is 0.233 e. The molecule has 1 amide bonds. The van der Waals surface area contributed by atoms with Gasteiger partial charge in [0.15, 0.2) is 7.60 Å². The minimum atomic E-state index is -5.38. The maximum atomic E-state index is 10.5. The van der Waals surface area contributed by atoms with Gasteiger partial charge in [0.1, 0.15) is 30.3 Å². The first-order valence-electron chi connectivity index (χ1n) is 4.87. The monoisotopic (exact) mass is 304 g/mol. The summed E-state index contributed by atoms with van der Waals surface area (Å²) in [6.45, 7) is -0.849. The molecule has 0 fully saturated rings. The zero-order valence-corrected chi connectivity index (χ0v) is 10.3. The second-order valence-electron chi connectivity index (χ2n) is 3.74. The minimum Gasteiger partial charge on any atom is -0.777 e. The molecule has 0 aliphatic carbocycles. The van der Waals surface area contributed by atoms with Crippen LogP contribution in [0.4, 0.5) is 0 Å². The van der Waals surface area contributed by atoms with Gasteiger partial charge in [0.25, 0.3) is 0 Å². The lowest BCUT2D eigenvalue weighted by molar-refractivity contribution is -0.212. The van der Waals surface area contributed by atoms with Gasteiger partial charge in [-0.25, -0.2) is 5.06 Å². The summed E-state index contributed by atoms with van der Waals surface area (Å²) in [5.74, 6) is -2.78. The van der Waals surface area contributed by atoms with E-state index in [0.717, 1.165) is 0 Å². The topological polar surface area (TPSA) is 202 Å². The van der Waals surface area contributed by atoms with Crippen LogP contribution in [0.1, 0.15) is 0 Å². The molecule has 3 unspecified atom stereocenters. The lowest BCUT2D eigenvalue weighted by Gasteiger charge is -2.32. The molecule has 0 aliphatic heterocycles. The van der Waals surface area contributed by atoms with Gasteiger partial charge in [-0.2, -0.15) is 0 Å². The number of hydrogen-bond donors (Lipinski definition) is 7. The fraction of sp³-hybridized carbons (Fsp3) is 0.857. The molecule has 0 radical (unpaired) electrons. The van der Waals surface area contributed by atoms with Crippen molar-refractivity contribution in [1.29, 1.82) is 0 Å². The lowest BCUT2D eigenvalue weighted by Crippen LogP contribution is -2.51. The smallest absolute Gasteiger partial charge is 0.233 e. The molecule has 0 aromatic rings. The van der Waals surface area contributed by atoms with Crippen molar-refractivity contribution in [2.45, 2.75) is 30.3 Å². The van der Waals surface area contributed by atoms with Crippen LogP contribution in [0.2, 0.25) is 0 Å². The fourth-order valence-corrected chi connectivity index (χ4v) is 1.70. The molecule has 0 bridgehead atoms. The van der Waals surface area contributed by atoms with E-state index in [1.54, 1.807) is 0 Å². The van der Waals surface area contributed by atoms with Crippen molar-refractivity contribution < 1.29 is 49.9 Å². The molecule has 19 heavy (non-hydrogen) atoms. The van der Waals surface area contributed by atoms with Crippen LogP contribution in [-0.2, 0) is 9.36 Å². The Kier molecular flexibility index (Phi) is 7.00. The first kappa shape index (κ1) is 18.4. The average Bonchev–Trinajstić information content (AvgIpc) is 2.33. The molecule has 6 atom stereocenters. The van der Waals surface area contributed by atoms with E-state index in [-0.39, 0.29) is 11.5 Å². The molecule has 12 heteroatoms. The van der Waals surface area contributed by atoms with Gasteiger partial charge >= 0.3 is 0 Å². The van der Waals surface area contributed by atoms with Crippen LogP contribution >= 0.6 is 7.60 Å². The van der Waals surface area contributed by atoms with Crippen LogP contribution in [0, 0.1) is 0 Å². The Morgan fingerprint density at radius 3 is 1.95 bits per heavy atom. The molecule has 7 N–H and O–H groups in total. The largest absolute Gasteiger partial charge is 0.777 e. The zero-order chi connectivity index (χ0) is 15.4. The number of carbonyl (C=O) groups excluding carboxylic acids is 1. The van der Waals surface area contributed by atoms with Crippen LogP contribution in [0.5, 0.6) is 0 Å². The SMILES string of the molecule is O=CN(O)C[C@H](O)[C@H](O)[C@H](O)C(O)C(O)P(=O)([O-])O. The van der Waals surface area contributed by atoms with Crippen LogP contribution < -0.4 is 4.89 Å². The highest BCUT2D eigenvalue weighted by molar-refractivity contribution is 7.50. The molecular weight excluding hydrogens is 289 g/mol. The van der Waals surface area contributed by atoms with Crippen molar-refractivity contribution >= 4 is 14.0 Å². The number of amides is 1. The number of carbonyl (C=O) groups is 1. The first-order chi connectivity index (χ1) is 8.52. The lowest BCUT2D eigenvalue weighted by atomic mass is 10.0. The summed E-state index contributed by atoms with van der Waals surface area (Å²) in [5, 5.41) is 54.6. The highest BCUT2D eigenvalue weighted by Crippen LogP contribution is 2.37. The number of nitrogens with zero attached hydrogens (tertiary/aromatic N) is 1. The van der Waals surface area contributed by atoms with Crippen molar-refractivity contribution in [3.05, 3.63) is 0 Å². The van der Waals surface area contributed by atoms with Crippen LogP contribution in [0.25, 0.3) is 0 Å². The van der Waals surface area contributed by atoms with Crippen molar-refractivity contribution in [3.8, 4) is 0 Å². The normalized spacial score (nSPS) is 22.7. The third kappa shape index (κ3) is 5.48. The number of rotatable bonds is 8. The summed E-state index contributed by atoms with van der Waals surface area (Å²) in [6.07, 6.45) is -9.14. The molecule has 0 aliphatic rings. The molecule has 0 saturated heterocycles. The highest BCUT2D eigenvalue weighted by Gasteiger charge is 2.38. The molecule has 0 saturated carbocycles. The Bertz CT molecular complexity index is 334. The number of aliphatic hydroxyl groups is 5. The molecule has 11 nitrogen and oxygen atoms in total. The summed E-state index contributed by atoms with van der Waals surface area (Å²) in [5.41, 5.74) is 0. The summed E-state index contributed by atoms with van der Waals surface area (Å²) >= 11 is 0. The van der Waals surface area contributed by atoms with E-state index in [1.807, 2.05) is 0 Å². The second kappa shape index (κ2) is 7.24. The third-order valence-corrected chi connectivity index (χ3v) is 3.20. The van der Waals surface area contributed by atoms with E-state index in [9.17, 15) is 34.7 Å². The van der Waals surface area contributed by atoms with Gasteiger partial charge < -0.3 is 39.9 Å². The zero-order valence-electron chi connectivity index (χ0n) is 9.42. The molecule has 0 aromatic heterocycles. The van der Waals surface area contributed by atoms with Crippen molar-refractivity contribution in [3.63, 3.8) is 0 Å². The Morgan fingerprint density at radius 1 is 1.11 bits per heavy atom. The Morgan fingerprint density at radius 2 is 1.58 bits per heavy atom. The Hall–Kier alpha value is -0.620. The van der Waals surface area contributed by atoms with Gasteiger partial charge in [0.05, 0.1) is 6.54 Å². The van der Waals surface area contributed by atoms with E-state index >= 15 is 0 Å². The van der Waals surface area contributed by atoms with Crippen LogP contribution in [0.3, 0.4) is 0 Å². The van der Waals surface area contributed by atoms with E-state index in [2.05, 4.69) is 0 Å². The van der Waals surface area contributed by atoms with Gasteiger partial charge in [-0.05, 0) is 0 Å². The van der Waals surface area contributed by atoms with Gasteiger partial charge in [-0.1, -0.05) is 0 Å². The Balaban J connectivity index is 4.67. The average molecular weight is 304 g/mol. The number of hydrogen-bond acceptors (Lipinski definition) is 9.